The fourth-order valence-electron chi connectivity index (χ4n) is 4.53. The lowest BCUT2D eigenvalue weighted by Crippen LogP contribution is -2.60. The average molecular weight is 353 g/mol. The number of carbonyl (C=O) groups excluding carboxylic acids is 1. The van der Waals surface area contributed by atoms with Crippen molar-refractivity contribution in [3.05, 3.63) is 65.7 Å². The summed E-state index contributed by atoms with van der Waals surface area (Å²) in [5, 5.41) is 0. The molecule has 1 aromatic heterocycles. The van der Waals surface area contributed by atoms with Gasteiger partial charge in [-0.25, -0.2) is 4.39 Å². The zero-order valence-corrected chi connectivity index (χ0v) is 15.1. The zero-order chi connectivity index (χ0) is 18.1. The minimum atomic E-state index is -0.258. The number of nitrogens with zero attached hydrogens (tertiary/aromatic N) is 3. The summed E-state index contributed by atoms with van der Waals surface area (Å²) in [5.74, 6) is -0.110. The molecule has 5 heteroatoms. The molecule has 1 aromatic carbocycles. The number of aromatic nitrogens is 1. The van der Waals surface area contributed by atoms with Crippen LogP contribution in [0.1, 0.15) is 37.4 Å². The molecule has 0 N–H and O–H groups in total. The predicted octanol–water partition coefficient (Wildman–Crippen LogP) is 3.38. The van der Waals surface area contributed by atoms with Gasteiger partial charge in [-0.2, -0.15) is 0 Å². The fourth-order valence-corrected chi connectivity index (χ4v) is 4.53. The highest BCUT2D eigenvalue weighted by atomic mass is 19.1. The molecule has 2 aliphatic heterocycles. The van der Waals surface area contributed by atoms with Crippen molar-refractivity contribution in [3.8, 4) is 0 Å². The molecule has 0 saturated carbocycles. The molecule has 4 rings (SSSR count). The first-order valence-corrected chi connectivity index (χ1v) is 9.26. The molecule has 3 heterocycles. The van der Waals surface area contributed by atoms with Crippen LogP contribution in [0.4, 0.5) is 4.39 Å². The van der Waals surface area contributed by atoms with E-state index in [-0.39, 0.29) is 23.3 Å². The molecule has 2 aromatic rings. The highest BCUT2D eigenvalue weighted by Gasteiger charge is 2.51. The largest absolute Gasteiger partial charge is 0.331 e. The van der Waals surface area contributed by atoms with Gasteiger partial charge in [0, 0.05) is 43.9 Å². The normalized spacial score (nSPS) is 26.2. The Kier molecular flexibility index (Phi) is 4.49. The summed E-state index contributed by atoms with van der Waals surface area (Å²) >= 11 is 0. The summed E-state index contributed by atoms with van der Waals surface area (Å²) in [7, 11) is 0. The number of halogens is 1. The van der Waals surface area contributed by atoms with Gasteiger partial charge in [0.1, 0.15) is 5.82 Å². The van der Waals surface area contributed by atoms with Gasteiger partial charge in [0.05, 0.1) is 11.2 Å². The SMILES string of the molecule is C[C@]12CCN(Cc3ccccn3)[C@H]1CCC(=O)N2Cc1ccccc1F. The van der Waals surface area contributed by atoms with Gasteiger partial charge in [0.2, 0.25) is 5.91 Å². The Morgan fingerprint density at radius 3 is 2.77 bits per heavy atom. The fraction of sp³-hybridized carbons (Fsp3) is 0.429. The van der Waals surface area contributed by atoms with Gasteiger partial charge in [0.15, 0.2) is 0 Å². The van der Waals surface area contributed by atoms with Crippen molar-refractivity contribution in [2.45, 2.75) is 50.9 Å². The van der Waals surface area contributed by atoms with Crippen molar-refractivity contribution >= 4 is 5.91 Å². The number of hydrogen-bond donors (Lipinski definition) is 0. The third kappa shape index (κ3) is 3.01. The summed E-state index contributed by atoms with van der Waals surface area (Å²) in [6.45, 7) is 4.23. The number of hydrogen-bond acceptors (Lipinski definition) is 3. The van der Waals surface area contributed by atoms with Crippen LogP contribution < -0.4 is 0 Å². The number of benzene rings is 1. The summed E-state index contributed by atoms with van der Waals surface area (Å²) in [5.41, 5.74) is 1.38. The average Bonchev–Trinajstić information content (AvgIpc) is 2.97. The molecule has 4 nitrogen and oxygen atoms in total. The van der Waals surface area contributed by atoms with Crippen LogP contribution in [-0.4, -0.2) is 38.8 Å². The zero-order valence-electron chi connectivity index (χ0n) is 15.1. The van der Waals surface area contributed by atoms with Gasteiger partial charge in [-0.1, -0.05) is 24.3 Å². The second-order valence-electron chi connectivity index (χ2n) is 7.52. The lowest BCUT2D eigenvalue weighted by atomic mass is 9.83. The topological polar surface area (TPSA) is 36.4 Å². The van der Waals surface area contributed by atoms with Crippen molar-refractivity contribution in [2.75, 3.05) is 6.54 Å². The van der Waals surface area contributed by atoms with Crippen molar-refractivity contribution in [1.82, 2.24) is 14.8 Å². The van der Waals surface area contributed by atoms with E-state index < -0.39 is 0 Å². The maximum atomic E-state index is 14.1. The van der Waals surface area contributed by atoms with Crippen LogP contribution in [0.3, 0.4) is 0 Å². The molecule has 2 saturated heterocycles. The van der Waals surface area contributed by atoms with Crippen LogP contribution in [0.2, 0.25) is 0 Å². The van der Waals surface area contributed by atoms with Crippen molar-refractivity contribution < 1.29 is 9.18 Å². The standard InChI is InChI=1S/C21H24FN3O/c1-21-11-13-24(15-17-7-4-5-12-23-17)19(21)9-10-20(26)25(21)14-16-6-2-3-8-18(16)22/h2-8,12,19H,9-11,13-15H2,1H3/t19-,21-/m0/s1. The molecule has 2 atom stereocenters. The van der Waals surface area contributed by atoms with E-state index >= 15 is 0 Å². The van der Waals surface area contributed by atoms with Gasteiger partial charge in [0.25, 0.3) is 0 Å². The molecule has 0 bridgehead atoms. The molecule has 26 heavy (non-hydrogen) atoms. The van der Waals surface area contributed by atoms with E-state index in [4.69, 9.17) is 0 Å². The third-order valence-corrected chi connectivity index (χ3v) is 5.99. The molecule has 136 valence electrons. The number of pyridine rings is 1. The van der Waals surface area contributed by atoms with Gasteiger partial charge in [-0.15, -0.1) is 0 Å². The molecular formula is C21H24FN3O. The number of rotatable bonds is 4. The number of amides is 1. The number of piperidine rings is 1. The Morgan fingerprint density at radius 2 is 2.00 bits per heavy atom. The Balaban J connectivity index is 1.57. The van der Waals surface area contributed by atoms with Gasteiger partial charge >= 0.3 is 0 Å². The van der Waals surface area contributed by atoms with Gasteiger partial charge < -0.3 is 4.90 Å². The molecule has 0 unspecified atom stereocenters. The van der Waals surface area contributed by atoms with Crippen LogP contribution in [0.25, 0.3) is 0 Å². The summed E-state index contributed by atoms with van der Waals surface area (Å²) < 4.78 is 14.1. The second-order valence-corrected chi connectivity index (χ2v) is 7.52. The molecule has 2 fully saturated rings. The minimum Gasteiger partial charge on any atom is -0.331 e. The molecule has 0 aliphatic carbocycles. The van der Waals surface area contributed by atoms with Crippen LogP contribution in [0, 0.1) is 5.82 Å². The van der Waals surface area contributed by atoms with E-state index in [1.807, 2.05) is 35.4 Å². The number of carbonyl (C=O) groups is 1. The predicted molar refractivity (Wildman–Crippen MR) is 97.6 cm³/mol. The first kappa shape index (κ1) is 17.2. The Morgan fingerprint density at radius 1 is 1.19 bits per heavy atom. The Labute approximate surface area is 153 Å². The highest BCUT2D eigenvalue weighted by molar-refractivity contribution is 5.78. The summed E-state index contributed by atoms with van der Waals surface area (Å²) in [6.07, 6.45) is 4.10. The minimum absolute atomic E-state index is 0.131. The first-order chi connectivity index (χ1) is 12.6. The molecule has 0 radical (unpaired) electrons. The summed E-state index contributed by atoms with van der Waals surface area (Å²) in [4.78, 5) is 21.5. The van der Waals surface area contributed by atoms with Crippen LogP contribution >= 0.6 is 0 Å². The van der Waals surface area contributed by atoms with Crippen molar-refractivity contribution in [1.29, 1.82) is 0 Å². The molecule has 2 aliphatic rings. The van der Waals surface area contributed by atoms with Gasteiger partial charge in [-0.05, 0) is 38.0 Å². The van der Waals surface area contributed by atoms with E-state index in [1.54, 1.807) is 12.1 Å². The number of fused-ring (bicyclic) bond motifs is 1. The van der Waals surface area contributed by atoms with E-state index in [1.165, 1.54) is 6.07 Å². The molecule has 1 amide bonds. The van der Waals surface area contributed by atoms with E-state index in [0.29, 0.717) is 18.5 Å². The first-order valence-electron chi connectivity index (χ1n) is 9.26. The third-order valence-electron chi connectivity index (χ3n) is 5.99. The second kappa shape index (κ2) is 6.80. The quantitative estimate of drug-likeness (QED) is 0.845. The Bertz CT molecular complexity index is 797. The van der Waals surface area contributed by atoms with E-state index in [9.17, 15) is 9.18 Å². The van der Waals surface area contributed by atoms with E-state index in [2.05, 4.69) is 16.8 Å². The van der Waals surface area contributed by atoms with Crippen molar-refractivity contribution in [3.63, 3.8) is 0 Å². The monoisotopic (exact) mass is 353 g/mol. The van der Waals surface area contributed by atoms with Crippen LogP contribution in [0.5, 0.6) is 0 Å². The maximum Gasteiger partial charge on any atom is 0.223 e. The van der Waals surface area contributed by atoms with E-state index in [0.717, 1.165) is 31.6 Å². The smallest absolute Gasteiger partial charge is 0.223 e. The number of likely N-dealkylation sites (tertiary alicyclic amines) is 2. The summed E-state index contributed by atoms with van der Waals surface area (Å²) in [6, 6.07) is 13.0. The lowest BCUT2D eigenvalue weighted by molar-refractivity contribution is -0.144. The highest BCUT2D eigenvalue weighted by Crippen LogP contribution is 2.41. The lowest BCUT2D eigenvalue weighted by Gasteiger charge is -2.48. The van der Waals surface area contributed by atoms with Crippen molar-refractivity contribution in [2.24, 2.45) is 0 Å². The van der Waals surface area contributed by atoms with Gasteiger partial charge in [-0.3, -0.25) is 14.7 Å². The maximum absolute atomic E-state index is 14.1. The molecular weight excluding hydrogens is 329 g/mol. The Hall–Kier alpha value is -2.27. The van der Waals surface area contributed by atoms with Crippen LogP contribution in [-0.2, 0) is 17.9 Å². The molecule has 0 spiro atoms. The van der Waals surface area contributed by atoms with Crippen LogP contribution in [0.15, 0.2) is 48.7 Å².